The predicted octanol–water partition coefficient (Wildman–Crippen LogP) is 6.05. The highest BCUT2D eigenvalue weighted by molar-refractivity contribution is 5.81. The smallest absolute Gasteiger partial charge is 0.315 e. The molecule has 212 valence electrons. The minimum Gasteiger partial charge on any atom is -0.465 e. The highest BCUT2D eigenvalue weighted by atomic mass is 16.5. The minimum atomic E-state index is -0.783. The van der Waals surface area contributed by atoms with Gasteiger partial charge in [0.05, 0.1) is 30.3 Å². The Labute approximate surface area is 229 Å². The Kier molecular flexibility index (Phi) is 9.11. The van der Waals surface area contributed by atoms with E-state index in [0.29, 0.717) is 43.6 Å². The fourth-order valence-corrected chi connectivity index (χ4v) is 7.59. The average Bonchev–Trinajstić information content (AvgIpc) is 3.63. The highest BCUT2D eigenvalue weighted by Gasteiger charge is 2.56. The fourth-order valence-electron chi connectivity index (χ4n) is 7.59. The summed E-state index contributed by atoms with van der Waals surface area (Å²) in [5.74, 6) is 0.931. The summed E-state index contributed by atoms with van der Waals surface area (Å²) in [6.07, 6.45) is 15.9. The first-order valence-corrected chi connectivity index (χ1v) is 15.0. The van der Waals surface area contributed by atoms with Crippen LogP contribution < -0.4 is 0 Å². The lowest BCUT2D eigenvalue weighted by Crippen LogP contribution is -2.36. The average molecular weight is 527 g/mol. The molecular weight excluding hydrogens is 476 g/mol. The molecule has 5 nitrogen and oxygen atoms in total. The van der Waals surface area contributed by atoms with Crippen LogP contribution in [0.25, 0.3) is 0 Å². The van der Waals surface area contributed by atoms with Crippen molar-refractivity contribution in [3.05, 3.63) is 47.6 Å². The molecule has 8 atom stereocenters. The van der Waals surface area contributed by atoms with Crippen LogP contribution in [0.15, 0.2) is 47.6 Å². The second-order valence-electron chi connectivity index (χ2n) is 13.0. The third kappa shape index (κ3) is 5.62. The molecule has 0 radical (unpaired) electrons. The van der Waals surface area contributed by atoms with Crippen LogP contribution in [0.3, 0.4) is 0 Å². The first kappa shape index (κ1) is 29.3. The lowest BCUT2D eigenvalue weighted by molar-refractivity contribution is -0.153. The van der Waals surface area contributed by atoms with Gasteiger partial charge in [0.2, 0.25) is 0 Å². The molecule has 4 aliphatic rings. The molecule has 0 spiro atoms. The summed E-state index contributed by atoms with van der Waals surface area (Å²) in [7, 11) is 0. The Morgan fingerprint density at radius 2 is 1.92 bits per heavy atom. The number of hydrogen-bond donors (Lipinski definition) is 3. The summed E-state index contributed by atoms with van der Waals surface area (Å²) < 4.78 is 5.45. The molecule has 4 rings (SSSR count). The fraction of sp³-hybridized carbons (Fsp3) is 0.727. The lowest BCUT2D eigenvalue weighted by atomic mass is 9.61. The predicted molar refractivity (Wildman–Crippen MR) is 151 cm³/mol. The van der Waals surface area contributed by atoms with Gasteiger partial charge in [-0.1, -0.05) is 70.6 Å². The second-order valence-corrected chi connectivity index (χ2v) is 13.0. The van der Waals surface area contributed by atoms with E-state index in [9.17, 15) is 20.1 Å². The Morgan fingerprint density at radius 3 is 2.61 bits per heavy atom. The monoisotopic (exact) mass is 526 g/mol. The molecule has 4 aliphatic carbocycles. The van der Waals surface area contributed by atoms with Crippen molar-refractivity contribution < 1.29 is 24.9 Å². The summed E-state index contributed by atoms with van der Waals surface area (Å²) in [5, 5.41) is 31.8. The SMILES string of the molecule is C=C1/C(=C\C=C2/CCCC3(C)[C@@H]([C@H](C)/C=C/C(O)C4(C(=O)OCCCC)CC4)CC[C@@H]23)CC(O)C(C)C1O. The van der Waals surface area contributed by atoms with E-state index in [-0.39, 0.29) is 17.3 Å². The number of rotatable bonds is 9. The van der Waals surface area contributed by atoms with E-state index in [2.05, 4.69) is 45.6 Å². The van der Waals surface area contributed by atoms with Gasteiger partial charge in [-0.25, -0.2) is 0 Å². The van der Waals surface area contributed by atoms with E-state index >= 15 is 0 Å². The summed E-state index contributed by atoms with van der Waals surface area (Å²) in [4.78, 5) is 12.6. The van der Waals surface area contributed by atoms with Crippen LogP contribution in [0.2, 0.25) is 0 Å². The molecule has 0 amide bonds. The van der Waals surface area contributed by atoms with E-state index < -0.39 is 23.7 Å². The van der Waals surface area contributed by atoms with Gasteiger partial charge in [0.15, 0.2) is 0 Å². The number of carbonyl (C=O) groups is 1. The van der Waals surface area contributed by atoms with Crippen LogP contribution in [0.5, 0.6) is 0 Å². The van der Waals surface area contributed by atoms with Crippen LogP contribution in [0.1, 0.15) is 91.9 Å². The molecule has 0 saturated heterocycles. The standard InChI is InChI=1S/C33H50O5/c1-6-7-19-38-31(37)33(17-18-33)29(35)15-10-21(2)26-13-14-27-24(9-8-16-32(26,27)5)11-12-25-20-28(34)23(4)30(36)22(25)3/h10-12,15,21,23,26-30,34-36H,3,6-9,13-14,16-20H2,1-2,4-5H3/b15-10+,24-11+,25-12-/t21-,23?,26-,27+,28?,29?,30?,32?/m1/s1. The molecule has 4 fully saturated rings. The molecule has 38 heavy (non-hydrogen) atoms. The van der Waals surface area contributed by atoms with Crippen molar-refractivity contribution in [2.75, 3.05) is 6.61 Å². The molecule has 4 saturated carbocycles. The zero-order chi connectivity index (χ0) is 27.7. The Hall–Kier alpha value is -1.69. The first-order chi connectivity index (χ1) is 18.0. The molecule has 3 N–H and O–H groups in total. The number of esters is 1. The highest BCUT2D eigenvalue weighted by Crippen LogP contribution is 2.59. The topological polar surface area (TPSA) is 87.0 Å². The van der Waals surface area contributed by atoms with Crippen molar-refractivity contribution in [3.63, 3.8) is 0 Å². The number of unbranched alkanes of at least 4 members (excludes halogenated alkanes) is 1. The maximum absolute atomic E-state index is 12.6. The van der Waals surface area contributed by atoms with Crippen LogP contribution in [0.4, 0.5) is 0 Å². The molecule has 0 aliphatic heterocycles. The largest absolute Gasteiger partial charge is 0.465 e. The van der Waals surface area contributed by atoms with Crippen LogP contribution >= 0.6 is 0 Å². The van der Waals surface area contributed by atoms with Crippen LogP contribution in [0, 0.1) is 34.5 Å². The Balaban J connectivity index is 1.42. The van der Waals surface area contributed by atoms with Crippen molar-refractivity contribution in [1.29, 1.82) is 0 Å². The van der Waals surface area contributed by atoms with E-state index in [1.807, 2.05) is 13.0 Å². The van der Waals surface area contributed by atoms with E-state index in [4.69, 9.17) is 4.74 Å². The van der Waals surface area contributed by atoms with Gasteiger partial charge >= 0.3 is 5.97 Å². The van der Waals surface area contributed by atoms with Crippen molar-refractivity contribution in [3.8, 4) is 0 Å². The Morgan fingerprint density at radius 1 is 1.18 bits per heavy atom. The van der Waals surface area contributed by atoms with Gasteiger partial charge in [-0.15, -0.1) is 0 Å². The maximum Gasteiger partial charge on any atom is 0.315 e. The maximum atomic E-state index is 12.6. The number of allylic oxidation sites excluding steroid dienone is 4. The number of aliphatic hydroxyl groups excluding tert-OH is 3. The molecule has 0 aromatic carbocycles. The molecule has 0 bridgehead atoms. The van der Waals surface area contributed by atoms with Gasteiger partial charge in [0.1, 0.15) is 0 Å². The summed E-state index contributed by atoms with van der Waals surface area (Å²) in [6, 6.07) is 0. The van der Waals surface area contributed by atoms with Gasteiger partial charge in [-0.05, 0) is 92.1 Å². The van der Waals surface area contributed by atoms with E-state index in [0.717, 1.165) is 49.7 Å². The third-order valence-electron chi connectivity index (χ3n) is 10.6. The summed E-state index contributed by atoms with van der Waals surface area (Å²) in [6.45, 7) is 13.2. The molecule has 0 aromatic rings. The lowest BCUT2D eigenvalue weighted by Gasteiger charge is -2.44. The van der Waals surface area contributed by atoms with Gasteiger partial charge < -0.3 is 20.1 Å². The normalized spacial score (nSPS) is 38.4. The van der Waals surface area contributed by atoms with Crippen molar-refractivity contribution in [2.45, 2.75) is 110 Å². The number of aliphatic hydroxyl groups is 3. The van der Waals surface area contributed by atoms with Crippen LogP contribution in [-0.2, 0) is 9.53 Å². The number of hydrogen-bond acceptors (Lipinski definition) is 5. The quantitative estimate of drug-likeness (QED) is 0.193. The third-order valence-corrected chi connectivity index (χ3v) is 10.6. The van der Waals surface area contributed by atoms with E-state index in [1.165, 1.54) is 12.0 Å². The molecular formula is C33H50O5. The van der Waals surface area contributed by atoms with Gasteiger partial charge in [-0.2, -0.15) is 0 Å². The number of fused-ring (bicyclic) bond motifs is 1. The van der Waals surface area contributed by atoms with Crippen molar-refractivity contribution in [1.82, 2.24) is 0 Å². The van der Waals surface area contributed by atoms with Gasteiger partial charge in [-0.3, -0.25) is 4.79 Å². The zero-order valence-electron chi connectivity index (χ0n) is 24.0. The number of carbonyl (C=O) groups excluding carboxylic acids is 1. The number of ether oxygens (including phenoxy) is 1. The van der Waals surface area contributed by atoms with Crippen molar-refractivity contribution in [2.24, 2.45) is 34.5 Å². The summed E-state index contributed by atoms with van der Waals surface area (Å²) in [5.41, 5.74) is 2.65. The molecule has 0 aromatic heterocycles. The minimum absolute atomic E-state index is 0.185. The van der Waals surface area contributed by atoms with Gasteiger partial charge in [0, 0.05) is 5.92 Å². The first-order valence-electron chi connectivity index (χ1n) is 15.0. The van der Waals surface area contributed by atoms with Gasteiger partial charge in [0.25, 0.3) is 0 Å². The molecule has 5 unspecified atom stereocenters. The zero-order valence-corrected chi connectivity index (χ0v) is 24.0. The molecule has 0 heterocycles. The second kappa shape index (κ2) is 11.8. The Bertz CT molecular complexity index is 972. The summed E-state index contributed by atoms with van der Waals surface area (Å²) >= 11 is 0. The van der Waals surface area contributed by atoms with E-state index in [1.54, 1.807) is 0 Å². The van der Waals surface area contributed by atoms with Crippen LogP contribution in [-0.4, -0.2) is 46.2 Å². The van der Waals surface area contributed by atoms with Crippen molar-refractivity contribution >= 4 is 5.97 Å². The molecule has 5 heteroatoms.